The van der Waals surface area contributed by atoms with Crippen LogP contribution in [-0.2, 0) is 9.59 Å². The third-order valence-corrected chi connectivity index (χ3v) is 3.26. The lowest BCUT2D eigenvalue weighted by molar-refractivity contribution is -0.136. The minimum Gasteiger partial charge on any atom is -0.383 e. The van der Waals surface area contributed by atoms with E-state index in [1.165, 1.54) is 0 Å². The fourth-order valence-electron chi connectivity index (χ4n) is 2.04. The zero-order valence-electron chi connectivity index (χ0n) is 13.4. The molecule has 2 rings (SSSR count). The third-order valence-electron chi connectivity index (χ3n) is 3.26. The van der Waals surface area contributed by atoms with Crippen LogP contribution in [0.1, 0.15) is 12.5 Å². The third kappa shape index (κ3) is 5.18. The maximum absolute atomic E-state index is 11.9. The molecule has 0 saturated heterocycles. The van der Waals surface area contributed by atoms with Crippen LogP contribution in [0.15, 0.2) is 54.6 Å². The van der Waals surface area contributed by atoms with Crippen molar-refractivity contribution >= 4 is 23.2 Å². The van der Waals surface area contributed by atoms with Gasteiger partial charge in [-0.2, -0.15) is 0 Å². The SMILES string of the molecule is C#Cc1cccc(NC(=O)C(=O)N[C@H](C)CNc2ccccc2)c1. The van der Waals surface area contributed by atoms with Crippen LogP contribution in [-0.4, -0.2) is 24.4 Å². The molecule has 5 nitrogen and oxygen atoms in total. The fourth-order valence-corrected chi connectivity index (χ4v) is 2.04. The molecule has 24 heavy (non-hydrogen) atoms. The Balaban J connectivity index is 1.82. The molecule has 0 aliphatic heterocycles. The van der Waals surface area contributed by atoms with E-state index < -0.39 is 11.8 Å². The lowest BCUT2D eigenvalue weighted by atomic mass is 10.2. The number of para-hydroxylation sites is 1. The quantitative estimate of drug-likeness (QED) is 0.584. The van der Waals surface area contributed by atoms with Crippen LogP contribution in [0.4, 0.5) is 11.4 Å². The molecule has 0 fully saturated rings. The van der Waals surface area contributed by atoms with Crippen molar-refractivity contribution in [2.75, 3.05) is 17.2 Å². The molecule has 0 aliphatic rings. The lowest BCUT2D eigenvalue weighted by Crippen LogP contribution is -2.43. The summed E-state index contributed by atoms with van der Waals surface area (Å²) in [5, 5.41) is 8.36. The van der Waals surface area contributed by atoms with Crippen LogP contribution in [0, 0.1) is 12.3 Å². The number of carbonyl (C=O) groups excluding carboxylic acids is 2. The average molecular weight is 321 g/mol. The topological polar surface area (TPSA) is 70.2 Å². The molecule has 1 atom stereocenters. The van der Waals surface area contributed by atoms with Gasteiger partial charge < -0.3 is 16.0 Å². The molecular formula is C19H19N3O2. The van der Waals surface area contributed by atoms with Gasteiger partial charge in [-0.05, 0) is 37.3 Å². The van der Waals surface area contributed by atoms with E-state index in [4.69, 9.17) is 6.42 Å². The molecule has 2 aromatic carbocycles. The van der Waals surface area contributed by atoms with Crippen molar-refractivity contribution in [3.8, 4) is 12.3 Å². The van der Waals surface area contributed by atoms with Crippen LogP contribution in [0.5, 0.6) is 0 Å². The molecular weight excluding hydrogens is 302 g/mol. The number of benzene rings is 2. The second kappa shape index (κ2) is 8.39. The van der Waals surface area contributed by atoms with Crippen LogP contribution in [0.2, 0.25) is 0 Å². The molecule has 0 spiro atoms. The fraction of sp³-hybridized carbons (Fsp3) is 0.158. The zero-order chi connectivity index (χ0) is 17.4. The average Bonchev–Trinajstić information content (AvgIpc) is 2.61. The Kier molecular flexibility index (Phi) is 5.98. The van der Waals surface area contributed by atoms with E-state index in [1.807, 2.05) is 37.3 Å². The summed E-state index contributed by atoms with van der Waals surface area (Å²) >= 11 is 0. The maximum atomic E-state index is 11.9. The summed E-state index contributed by atoms with van der Waals surface area (Å²) in [6, 6.07) is 16.2. The smallest absolute Gasteiger partial charge is 0.313 e. The van der Waals surface area contributed by atoms with Gasteiger partial charge in [0, 0.05) is 29.5 Å². The number of nitrogens with one attached hydrogen (secondary N) is 3. The maximum Gasteiger partial charge on any atom is 0.313 e. The van der Waals surface area contributed by atoms with Gasteiger partial charge in [0.25, 0.3) is 0 Å². The highest BCUT2D eigenvalue weighted by atomic mass is 16.2. The Morgan fingerprint density at radius 1 is 1.04 bits per heavy atom. The predicted octanol–water partition coefficient (Wildman–Crippen LogP) is 2.22. The summed E-state index contributed by atoms with van der Waals surface area (Å²) in [6.07, 6.45) is 5.31. The van der Waals surface area contributed by atoms with Crippen molar-refractivity contribution in [3.05, 3.63) is 60.2 Å². The molecule has 0 bridgehead atoms. The van der Waals surface area contributed by atoms with Gasteiger partial charge in [0.15, 0.2) is 0 Å². The minimum atomic E-state index is -0.726. The summed E-state index contributed by atoms with van der Waals surface area (Å²) < 4.78 is 0. The van der Waals surface area contributed by atoms with Crippen LogP contribution < -0.4 is 16.0 Å². The number of anilines is 2. The van der Waals surface area contributed by atoms with E-state index in [-0.39, 0.29) is 6.04 Å². The molecule has 5 heteroatoms. The van der Waals surface area contributed by atoms with Gasteiger partial charge in [0.1, 0.15) is 0 Å². The van der Waals surface area contributed by atoms with Gasteiger partial charge in [-0.15, -0.1) is 6.42 Å². The number of hydrogen-bond donors (Lipinski definition) is 3. The highest BCUT2D eigenvalue weighted by Gasteiger charge is 2.16. The van der Waals surface area contributed by atoms with Crippen LogP contribution in [0.3, 0.4) is 0 Å². The van der Waals surface area contributed by atoms with Crippen LogP contribution >= 0.6 is 0 Å². The number of rotatable bonds is 5. The van der Waals surface area contributed by atoms with Gasteiger partial charge in [-0.1, -0.05) is 30.2 Å². The Morgan fingerprint density at radius 3 is 2.46 bits per heavy atom. The standard InChI is InChI=1S/C19H19N3O2/c1-3-15-8-7-11-17(12-15)22-19(24)18(23)21-14(2)13-20-16-9-5-4-6-10-16/h1,4-12,14,20H,13H2,2H3,(H,21,23)(H,22,24)/t14-/m1/s1. The first kappa shape index (κ1) is 17.1. The first-order valence-electron chi connectivity index (χ1n) is 7.56. The molecule has 2 amide bonds. The molecule has 0 unspecified atom stereocenters. The molecule has 0 aliphatic carbocycles. The Hall–Kier alpha value is -3.26. The number of carbonyl (C=O) groups is 2. The molecule has 0 saturated carbocycles. The molecule has 3 N–H and O–H groups in total. The molecule has 122 valence electrons. The number of amides is 2. The second-order valence-electron chi connectivity index (χ2n) is 5.30. The summed E-state index contributed by atoms with van der Waals surface area (Å²) in [6.45, 7) is 2.33. The monoisotopic (exact) mass is 321 g/mol. The molecule has 0 heterocycles. The normalized spacial score (nSPS) is 11.0. The largest absolute Gasteiger partial charge is 0.383 e. The van der Waals surface area contributed by atoms with Gasteiger partial charge in [0.05, 0.1) is 0 Å². The van der Waals surface area contributed by atoms with Crippen molar-refractivity contribution in [2.24, 2.45) is 0 Å². The van der Waals surface area contributed by atoms with E-state index in [0.29, 0.717) is 17.8 Å². The predicted molar refractivity (Wildman–Crippen MR) is 95.5 cm³/mol. The number of hydrogen-bond acceptors (Lipinski definition) is 3. The summed E-state index contributed by atoms with van der Waals surface area (Å²) in [5.41, 5.74) is 2.07. The van der Waals surface area contributed by atoms with E-state index in [9.17, 15) is 9.59 Å². The summed E-state index contributed by atoms with van der Waals surface area (Å²) in [5.74, 6) is 1.06. The van der Waals surface area contributed by atoms with Crippen molar-refractivity contribution in [2.45, 2.75) is 13.0 Å². The Morgan fingerprint density at radius 2 is 1.75 bits per heavy atom. The van der Waals surface area contributed by atoms with E-state index >= 15 is 0 Å². The first-order chi connectivity index (χ1) is 11.6. The highest BCUT2D eigenvalue weighted by molar-refractivity contribution is 6.39. The molecule has 0 radical (unpaired) electrons. The van der Waals surface area contributed by atoms with Gasteiger partial charge >= 0.3 is 11.8 Å². The molecule has 2 aromatic rings. The van der Waals surface area contributed by atoms with Crippen LogP contribution in [0.25, 0.3) is 0 Å². The first-order valence-corrected chi connectivity index (χ1v) is 7.56. The van der Waals surface area contributed by atoms with Crippen molar-refractivity contribution in [1.82, 2.24) is 5.32 Å². The Labute approximate surface area is 141 Å². The minimum absolute atomic E-state index is 0.208. The van der Waals surface area contributed by atoms with Gasteiger partial charge in [-0.25, -0.2) is 0 Å². The second-order valence-corrected chi connectivity index (χ2v) is 5.30. The summed E-state index contributed by atoms with van der Waals surface area (Å²) in [7, 11) is 0. The Bertz CT molecular complexity index is 751. The zero-order valence-corrected chi connectivity index (χ0v) is 13.4. The van der Waals surface area contributed by atoms with E-state index in [0.717, 1.165) is 5.69 Å². The molecule has 0 aromatic heterocycles. The van der Waals surface area contributed by atoms with E-state index in [2.05, 4.69) is 21.9 Å². The number of terminal acetylenes is 1. The van der Waals surface area contributed by atoms with Gasteiger partial charge in [-0.3, -0.25) is 9.59 Å². The van der Waals surface area contributed by atoms with Crippen molar-refractivity contribution in [1.29, 1.82) is 0 Å². The lowest BCUT2D eigenvalue weighted by Gasteiger charge is -2.15. The van der Waals surface area contributed by atoms with Crippen molar-refractivity contribution in [3.63, 3.8) is 0 Å². The van der Waals surface area contributed by atoms with E-state index in [1.54, 1.807) is 24.3 Å². The highest BCUT2D eigenvalue weighted by Crippen LogP contribution is 2.09. The van der Waals surface area contributed by atoms with Crippen molar-refractivity contribution < 1.29 is 9.59 Å². The van der Waals surface area contributed by atoms with Gasteiger partial charge in [0.2, 0.25) is 0 Å². The summed E-state index contributed by atoms with van der Waals surface area (Å²) in [4.78, 5) is 23.9.